The minimum atomic E-state index is -3.52. The molecule has 2 aromatic heterocycles. The molecule has 37 heavy (non-hydrogen) atoms. The lowest BCUT2D eigenvalue weighted by atomic mass is 10.1. The number of anilines is 1. The van der Waals surface area contributed by atoms with Gasteiger partial charge in [-0.2, -0.15) is 0 Å². The van der Waals surface area contributed by atoms with E-state index < -0.39 is 26.9 Å². The topological polar surface area (TPSA) is 131 Å². The number of nitrogens with zero attached hydrogens (tertiary/aromatic N) is 3. The number of aromatic nitrogens is 3. The molecule has 0 saturated carbocycles. The second-order valence-corrected chi connectivity index (χ2v) is 11.8. The summed E-state index contributed by atoms with van der Waals surface area (Å²) in [6.07, 6.45) is 1.71. The van der Waals surface area contributed by atoms with Gasteiger partial charge >= 0.3 is 0 Å². The van der Waals surface area contributed by atoms with E-state index in [1.807, 2.05) is 42.6 Å². The summed E-state index contributed by atoms with van der Waals surface area (Å²) in [7, 11) is -3.52. The van der Waals surface area contributed by atoms with E-state index in [0.29, 0.717) is 16.6 Å². The average Bonchev–Trinajstić information content (AvgIpc) is 3.35. The number of carbonyl (C=O) groups is 2. The first-order valence-electron chi connectivity index (χ1n) is 11.4. The summed E-state index contributed by atoms with van der Waals surface area (Å²) in [6, 6.07) is 15.4. The van der Waals surface area contributed by atoms with E-state index in [2.05, 4.69) is 25.6 Å². The second kappa shape index (κ2) is 11.0. The van der Waals surface area contributed by atoms with E-state index in [4.69, 9.17) is 0 Å². The zero-order valence-corrected chi connectivity index (χ0v) is 22.1. The van der Waals surface area contributed by atoms with Crippen LogP contribution in [-0.2, 0) is 14.6 Å². The number of hydrogen-bond donors (Lipinski definition) is 2. The molecule has 0 aliphatic rings. The van der Waals surface area contributed by atoms with Gasteiger partial charge in [0.1, 0.15) is 5.82 Å². The summed E-state index contributed by atoms with van der Waals surface area (Å²) in [5, 5.41) is 6.81. The smallest absolute Gasteiger partial charge is 0.251 e. The molecule has 4 rings (SSSR count). The highest BCUT2D eigenvalue weighted by atomic mass is 32.2. The van der Waals surface area contributed by atoms with Gasteiger partial charge in [0.05, 0.1) is 28.1 Å². The van der Waals surface area contributed by atoms with E-state index >= 15 is 0 Å². The first-order chi connectivity index (χ1) is 17.6. The number of sulfone groups is 1. The second-order valence-electron chi connectivity index (χ2n) is 8.46. The maximum absolute atomic E-state index is 12.5. The molecule has 4 aromatic rings. The fourth-order valence-electron chi connectivity index (χ4n) is 3.43. The number of benzene rings is 2. The molecule has 0 fully saturated rings. The molecule has 0 atom stereocenters. The van der Waals surface area contributed by atoms with Gasteiger partial charge in [0.15, 0.2) is 15.0 Å². The van der Waals surface area contributed by atoms with Crippen molar-refractivity contribution in [1.82, 2.24) is 20.3 Å². The van der Waals surface area contributed by atoms with Gasteiger partial charge in [-0.1, -0.05) is 24.3 Å². The van der Waals surface area contributed by atoms with Gasteiger partial charge in [-0.15, -0.1) is 11.3 Å². The molecule has 0 aliphatic carbocycles. The van der Waals surface area contributed by atoms with Gasteiger partial charge in [0.25, 0.3) is 5.91 Å². The summed E-state index contributed by atoms with van der Waals surface area (Å²) in [5.41, 5.74) is 3.45. The van der Waals surface area contributed by atoms with Crippen LogP contribution in [0.5, 0.6) is 0 Å². The molecule has 2 heterocycles. The van der Waals surface area contributed by atoms with Gasteiger partial charge in [0, 0.05) is 28.3 Å². The van der Waals surface area contributed by atoms with E-state index in [0.717, 1.165) is 16.8 Å². The Morgan fingerprint density at radius 3 is 2.43 bits per heavy atom. The van der Waals surface area contributed by atoms with Crippen LogP contribution in [0.25, 0.3) is 22.5 Å². The maximum Gasteiger partial charge on any atom is 0.251 e. The lowest BCUT2D eigenvalue weighted by Gasteiger charge is -2.10. The zero-order chi connectivity index (χ0) is 26.6. The lowest BCUT2D eigenvalue weighted by Crippen LogP contribution is -2.33. The Hall–Kier alpha value is -3.96. The molecule has 2 amide bonds. The fourth-order valence-corrected chi connectivity index (χ4v) is 5.27. The third-order valence-corrected chi connectivity index (χ3v) is 8.35. The Morgan fingerprint density at radius 1 is 0.973 bits per heavy atom. The van der Waals surface area contributed by atoms with Gasteiger partial charge in [-0.3, -0.25) is 9.59 Å². The molecule has 0 saturated heterocycles. The first kappa shape index (κ1) is 26.1. The van der Waals surface area contributed by atoms with Crippen LogP contribution in [0.2, 0.25) is 0 Å². The highest BCUT2D eigenvalue weighted by molar-refractivity contribution is 7.92. The van der Waals surface area contributed by atoms with E-state index in [1.54, 1.807) is 20.0 Å². The van der Waals surface area contributed by atoms with E-state index in [1.165, 1.54) is 35.6 Å². The standard InChI is InChI=1S/C26H25N5O4S2/c1-16(2)37(34,35)21-9-5-8-20(13-21)25(33)28-14-24(32)31-26-30-23(15-36-26)19-7-4-6-18(12-19)22-10-11-27-17(3)29-22/h4-13,15-16H,14H2,1-3H3,(H,28,33)(H,30,31,32). The predicted octanol–water partition coefficient (Wildman–Crippen LogP) is 4.13. The Morgan fingerprint density at radius 2 is 1.70 bits per heavy atom. The van der Waals surface area contributed by atoms with Crippen molar-refractivity contribution in [3.05, 3.63) is 77.6 Å². The summed E-state index contributed by atoms with van der Waals surface area (Å²) in [6.45, 7) is 4.69. The summed E-state index contributed by atoms with van der Waals surface area (Å²) in [5.74, 6) is -0.320. The Balaban J connectivity index is 1.38. The molecular weight excluding hydrogens is 510 g/mol. The quantitative estimate of drug-likeness (QED) is 0.347. The molecular formula is C26H25N5O4S2. The third-order valence-electron chi connectivity index (χ3n) is 5.44. The number of nitrogens with one attached hydrogen (secondary N) is 2. The Labute approximate surface area is 219 Å². The highest BCUT2D eigenvalue weighted by Crippen LogP contribution is 2.28. The van der Waals surface area contributed by atoms with Gasteiger partial charge < -0.3 is 10.6 Å². The van der Waals surface area contributed by atoms with Crippen molar-refractivity contribution >= 4 is 38.1 Å². The van der Waals surface area contributed by atoms with Crippen LogP contribution in [-0.4, -0.2) is 47.0 Å². The minimum absolute atomic E-state index is 0.0637. The molecule has 0 spiro atoms. The van der Waals surface area contributed by atoms with Gasteiger partial charge in [-0.25, -0.2) is 23.4 Å². The Kier molecular flexibility index (Phi) is 7.74. The zero-order valence-electron chi connectivity index (χ0n) is 20.4. The van der Waals surface area contributed by atoms with Crippen molar-refractivity contribution in [3.8, 4) is 22.5 Å². The first-order valence-corrected chi connectivity index (χ1v) is 13.8. The van der Waals surface area contributed by atoms with Crippen LogP contribution in [0.1, 0.15) is 30.0 Å². The molecule has 0 bridgehead atoms. The number of thiazole rings is 1. The van der Waals surface area contributed by atoms with Crippen LogP contribution in [0, 0.1) is 6.92 Å². The molecule has 9 nitrogen and oxygen atoms in total. The van der Waals surface area contributed by atoms with Crippen molar-refractivity contribution < 1.29 is 18.0 Å². The third kappa shape index (κ3) is 6.25. The maximum atomic E-state index is 12.5. The fraction of sp³-hybridized carbons (Fsp3) is 0.192. The molecule has 2 N–H and O–H groups in total. The van der Waals surface area contributed by atoms with Crippen LogP contribution in [0.3, 0.4) is 0 Å². The van der Waals surface area contributed by atoms with Crippen molar-refractivity contribution in [2.45, 2.75) is 30.9 Å². The van der Waals surface area contributed by atoms with Crippen molar-refractivity contribution in [1.29, 1.82) is 0 Å². The molecule has 0 unspecified atom stereocenters. The van der Waals surface area contributed by atoms with E-state index in [-0.39, 0.29) is 17.0 Å². The number of rotatable bonds is 8. The number of aryl methyl sites for hydroxylation is 1. The minimum Gasteiger partial charge on any atom is -0.343 e. The SMILES string of the molecule is Cc1nccc(-c2cccc(-c3csc(NC(=O)CNC(=O)c4cccc(S(=O)(=O)C(C)C)c4)n3)c2)n1. The van der Waals surface area contributed by atoms with Crippen LogP contribution in [0.4, 0.5) is 5.13 Å². The van der Waals surface area contributed by atoms with Crippen molar-refractivity contribution in [2.75, 3.05) is 11.9 Å². The van der Waals surface area contributed by atoms with Crippen LogP contribution < -0.4 is 10.6 Å². The lowest BCUT2D eigenvalue weighted by molar-refractivity contribution is -0.115. The monoisotopic (exact) mass is 535 g/mol. The average molecular weight is 536 g/mol. The van der Waals surface area contributed by atoms with Crippen molar-refractivity contribution in [2.24, 2.45) is 0 Å². The van der Waals surface area contributed by atoms with Crippen molar-refractivity contribution in [3.63, 3.8) is 0 Å². The van der Waals surface area contributed by atoms with Crippen LogP contribution >= 0.6 is 11.3 Å². The largest absolute Gasteiger partial charge is 0.343 e. The predicted molar refractivity (Wildman–Crippen MR) is 143 cm³/mol. The molecule has 2 aromatic carbocycles. The molecule has 11 heteroatoms. The van der Waals surface area contributed by atoms with Gasteiger partial charge in [-0.05, 0) is 51.1 Å². The van der Waals surface area contributed by atoms with Crippen LogP contribution in [0.15, 0.2) is 71.1 Å². The number of carbonyl (C=O) groups excluding carboxylic acids is 2. The summed E-state index contributed by atoms with van der Waals surface area (Å²) >= 11 is 1.27. The van der Waals surface area contributed by atoms with E-state index in [9.17, 15) is 18.0 Å². The highest BCUT2D eigenvalue weighted by Gasteiger charge is 2.20. The molecule has 0 aliphatic heterocycles. The number of hydrogen-bond acceptors (Lipinski definition) is 8. The molecule has 190 valence electrons. The summed E-state index contributed by atoms with van der Waals surface area (Å²) in [4.78, 5) is 38.0. The summed E-state index contributed by atoms with van der Waals surface area (Å²) < 4.78 is 24.8. The Bertz CT molecular complexity index is 1560. The molecule has 0 radical (unpaired) electrons. The normalized spacial score (nSPS) is 11.4. The van der Waals surface area contributed by atoms with Gasteiger partial charge in [0.2, 0.25) is 5.91 Å². The number of amides is 2.